The van der Waals surface area contributed by atoms with Crippen LogP contribution in [0.5, 0.6) is 0 Å². The summed E-state index contributed by atoms with van der Waals surface area (Å²) in [6, 6.07) is 2.10. The smallest absolute Gasteiger partial charge is 0.134 e. The summed E-state index contributed by atoms with van der Waals surface area (Å²) in [7, 11) is 0. The summed E-state index contributed by atoms with van der Waals surface area (Å²) >= 11 is 0. The molecule has 1 atom stereocenters. The maximum absolute atomic E-state index is 5.80. The fourth-order valence-electron chi connectivity index (χ4n) is 2.70. The first-order valence-electron chi connectivity index (χ1n) is 7.30. The number of hydrogen-bond donors (Lipinski definition) is 1. The van der Waals surface area contributed by atoms with Gasteiger partial charge in [-0.1, -0.05) is 0 Å². The molecule has 1 unspecified atom stereocenters. The van der Waals surface area contributed by atoms with Crippen molar-refractivity contribution in [3.05, 3.63) is 12.4 Å². The predicted molar refractivity (Wildman–Crippen MR) is 79.6 cm³/mol. The van der Waals surface area contributed by atoms with Crippen LogP contribution in [0.2, 0.25) is 0 Å². The van der Waals surface area contributed by atoms with Gasteiger partial charge < -0.3 is 15.5 Å². The van der Waals surface area contributed by atoms with Crippen molar-refractivity contribution < 1.29 is 0 Å². The van der Waals surface area contributed by atoms with Crippen LogP contribution in [-0.4, -0.2) is 42.7 Å². The van der Waals surface area contributed by atoms with Crippen molar-refractivity contribution >= 4 is 11.6 Å². The minimum absolute atomic E-state index is 0.598. The summed E-state index contributed by atoms with van der Waals surface area (Å²) in [5.74, 6) is 2.65. The number of nitrogens with two attached hydrogens (primary N) is 1. The van der Waals surface area contributed by atoms with Gasteiger partial charge in [0.1, 0.15) is 18.0 Å². The van der Waals surface area contributed by atoms with Gasteiger partial charge in [0.05, 0.1) is 0 Å². The molecule has 1 aromatic heterocycles. The molecule has 5 heteroatoms. The predicted octanol–water partition coefficient (Wildman–Crippen LogP) is 1.50. The Morgan fingerprint density at radius 3 is 2.84 bits per heavy atom. The van der Waals surface area contributed by atoms with Gasteiger partial charge in [-0.3, -0.25) is 0 Å². The van der Waals surface area contributed by atoms with Crippen LogP contribution in [0.1, 0.15) is 26.7 Å². The van der Waals surface area contributed by atoms with Crippen LogP contribution in [0.15, 0.2) is 12.4 Å². The molecular formula is C14H25N5. The molecule has 0 bridgehead atoms. The fraction of sp³-hybridized carbons (Fsp3) is 0.714. The Hall–Kier alpha value is -1.36. The van der Waals surface area contributed by atoms with Crippen molar-refractivity contribution in [2.75, 3.05) is 42.5 Å². The first-order valence-corrected chi connectivity index (χ1v) is 7.30. The molecular weight excluding hydrogens is 238 g/mol. The zero-order valence-electron chi connectivity index (χ0n) is 12.0. The zero-order chi connectivity index (χ0) is 13.7. The van der Waals surface area contributed by atoms with Crippen molar-refractivity contribution in [1.29, 1.82) is 0 Å². The van der Waals surface area contributed by atoms with Gasteiger partial charge in [0, 0.05) is 32.2 Å². The van der Waals surface area contributed by atoms with E-state index in [2.05, 4.69) is 39.7 Å². The van der Waals surface area contributed by atoms with Crippen LogP contribution in [0.4, 0.5) is 11.6 Å². The summed E-state index contributed by atoms with van der Waals surface area (Å²) in [5.41, 5.74) is 5.80. The normalized spacial score (nSPS) is 19.5. The van der Waals surface area contributed by atoms with Crippen molar-refractivity contribution in [3.63, 3.8) is 0 Å². The van der Waals surface area contributed by atoms with Crippen LogP contribution in [-0.2, 0) is 0 Å². The third-order valence-corrected chi connectivity index (χ3v) is 3.90. The molecule has 0 aliphatic carbocycles. The zero-order valence-corrected chi connectivity index (χ0v) is 12.0. The monoisotopic (exact) mass is 263 g/mol. The lowest BCUT2D eigenvalue weighted by atomic mass is 9.98. The summed E-state index contributed by atoms with van der Waals surface area (Å²) < 4.78 is 0. The molecule has 0 radical (unpaired) electrons. The largest absolute Gasteiger partial charge is 0.357 e. The second kappa shape index (κ2) is 6.70. The van der Waals surface area contributed by atoms with Gasteiger partial charge in [-0.15, -0.1) is 0 Å². The molecule has 0 amide bonds. The van der Waals surface area contributed by atoms with Gasteiger partial charge in [0.15, 0.2) is 0 Å². The molecule has 1 aromatic rings. The quantitative estimate of drug-likeness (QED) is 0.872. The molecule has 5 nitrogen and oxygen atoms in total. The minimum atomic E-state index is 0.598. The number of rotatable bonds is 5. The van der Waals surface area contributed by atoms with Crippen LogP contribution < -0.4 is 15.5 Å². The first-order chi connectivity index (χ1) is 9.28. The summed E-state index contributed by atoms with van der Waals surface area (Å²) in [6.45, 7) is 9.10. The van der Waals surface area contributed by atoms with Crippen molar-refractivity contribution in [2.24, 2.45) is 11.7 Å². The van der Waals surface area contributed by atoms with E-state index in [4.69, 9.17) is 5.73 Å². The fourth-order valence-corrected chi connectivity index (χ4v) is 2.70. The maximum Gasteiger partial charge on any atom is 0.134 e. The second-order valence-electron chi connectivity index (χ2n) is 5.10. The molecule has 1 aliphatic heterocycles. The van der Waals surface area contributed by atoms with E-state index in [0.717, 1.165) is 44.4 Å². The van der Waals surface area contributed by atoms with Gasteiger partial charge in [0.25, 0.3) is 0 Å². The number of nitrogens with zero attached hydrogens (tertiary/aromatic N) is 4. The van der Waals surface area contributed by atoms with Crippen LogP contribution in [0.25, 0.3) is 0 Å². The molecule has 2 N–H and O–H groups in total. The van der Waals surface area contributed by atoms with Crippen molar-refractivity contribution in [3.8, 4) is 0 Å². The van der Waals surface area contributed by atoms with Gasteiger partial charge >= 0.3 is 0 Å². The number of anilines is 2. The second-order valence-corrected chi connectivity index (χ2v) is 5.10. The van der Waals surface area contributed by atoms with E-state index in [1.54, 1.807) is 6.33 Å². The summed E-state index contributed by atoms with van der Waals surface area (Å²) in [4.78, 5) is 13.4. The van der Waals surface area contributed by atoms with Crippen LogP contribution >= 0.6 is 0 Å². The lowest BCUT2D eigenvalue weighted by Gasteiger charge is -2.33. The lowest BCUT2D eigenvalue weighted by Crippen LogP contribution is -2.39. The molecule has 0 spiro atoms. The highest BCUT2D eigenvalue weighted by atomic mass is 15.2. The van der Waals surface area contributed by atoms with Gasteiger partial charge in [-0.2, -0.15) is 0 Å². The Morgan fingerprint density at radius 1 is 1.37 bits per heavy atom. The van der Waals surface area contributed by atoms with Crippen molar-refractivity contribution in [2.45, 2.75) is 26.7 Å². The van der Waals surface area contributed by atoms with E-state index < -0.39 is 0 Å². The van der Waals surface area contributed by atoms with E-state index in [0.29, 0.717) is 5.92 Å². The van der Waals surface area contributed by atoms with Gasteiger partial charge in [-0.05, 0) is 39.2 Å². The highest BCUT2D eigenvalue weighted by Gasteiger charge is 2.20. The minimum Gasteiger partial charge on any atom is -0.357 e. The molecule has 1 fully saturated rings. The van der Waals surface area contributed by atoms with E-state index in [1.807, 2.05) is 0 Å². The molecule has 1 aliphatic rings. The Morgan fingerprint density at radius 2 is 2.16 bits per heavy atom. The average Bonchev–Trinajstić information content (AvgIpc) is 2.49. The summed E-state index contributed by atoms with van der Waals surface area (Å²) in [5, 5.41) is 0. The lowest BCUT2D eigenvalue weighted by molar-refractivity contribution is 0.421. The van der Waals surface area contributed by atoms with E-state index in [-0.39, 0.29) is 0 Å². The van der Waals surface area contributed by atoms with E-state index >= 15 is 0 Å². The SMILES string of the molecule is CCN(CC)c1cc(N2CCCC(CN)C2)ncn1. The van der Waals surface area contributed by atoms with Crippen molar-refractivity contribution in [1.82, 2.24) is 9.97 Å². The van der Waals surface area contributed by atoms with Gasteiger partial charge in [-0.25, -0.2) is 9.97 Å². The van der Waals surface area contributed by atoms with E-state index in [9.17, 15) is 0 Å². The molecule has 2 heterocycles. The third-order valence-electron chi connectivity index (χ3n) is 3.90. The molecule has 0 saturated carbocycles. The molecule has 2 rings (SSSR count). The standard InChI is InChI=1S/C14H25N5/c1-3-18(4-2)13-8-14(17-11-16-13)19-7-5-6-12(9-15)10-19/h8,11-12H,3-7,9-10,15H2,1-2H3. The summed E-state index contributed by atoms with van der Waals surface area (Å²) in [6.07, 6.45) is 4.11. The number of aromatic nitrogens is 2. The highest BCUT2D eigenvalue weighted by molar-refractivity contribution is 5.50. The Bertz CT molecular complexity index is 391. The number of piperidine rings is 1. The average molecular weight is 263 g/mol. The van der Waals surface area contributed by atoms with Crippen LogP contribution in [0.3, 0.4) is 0 Å². The molecule has 0 aromatic carbocycles. The first kappa shape index (κ1) is 14.1. The molecule has 106 valence electrons. The van der Waals surface area contributed by atoms with E-state index in [1.165, 1.54) is 12.8 Å². The van der Waals surface area contributed by atoms with Crippen LogP contribution in [0, 0.1) is 5.92 Å². The maximum atomic E-state index is 5.80. The third kappa shape index (κ3) is 3.35. The Labute approximate surface area is 115 Å². The molecule has 19 heavy (non-hydrogen) atoms. The molecule has 1 saturated heterocycles. The topological polar surface area (TPSA) is 58.3 Å². The highest BCUT2D eigenvalue weighted by Crippen LogP contribution is 2.23. The van der Waals surface area contributed by atoms with Gasteiger partial charge in [0.2, 0.25) is 0 Å². The Balaban J connectivity index is 2.13. The number of hydrogen-bond acceptors (Lipinski definition) is 5. The Kier molecular flexibility index (Phi) is 4.96.